The minimum absolute atomic E-state index is 0.0558. The molecule has 0 aromatic carbocycles. The molecule has 266 valence electrons. The quantitative estimate of drug-likeness (QED) is 0.232. The van der Waals surface area contributed by atoms with Crippen LogP contribution in [-0.4, -0.2) is 115 Å². The van der Waals surface area contributed by atoms with Crippen molar-refractivity contribution in [1.82, 2.24) is 4.90 Å². The third-order valence-electron chi connectivity index (χ3n) is 11.0. The van der Waals surface area contributed by atoms with Crippen molar-refractivity contribution in [3.8, 4) is 0 Å². The second-order valence-corrected chi connectivity index (χ2v) is 14.7. The van der Waals surface area contributed by atoms with Gasteiger partial charge in [-0.3, -0.25) is 19.3 Å². The van der Waals surface area contributed by atoms with Crippen LogP contribution in [0, 0.1) is 23.7 Å². The number of Topliss-reactive ketones (excluding diaryl/α,β-unsaturated/α-hetero) is 1. The molecule has 13 nitrogen and oxygen atoms in total. The number of hydrogen-bond donors (Lipinski definition) is 0. The van der Waals surface area contributed by atoms with Gasteiger partial charge in [-0.05, 0) is 52.9 Å². The van der Waals surface area contributed by atoms with Gasteiger partial charge >= 0.3 is 18.1 Å². The lowest BCUT2D eigenvalue weighted by molar-refractivity contribution is -0.300. The molecule has 5 unspecified atom stereocenters. The first kappa shape index (κ1) is 36.0. The number of carbonyl (C=O) groups excluding carboxylic acids is 4. The van der Waals surface area contributed by atoms with Crippen LogP contribution in [-0.2, 0) is 52.3 Å². The van der Waals surface area contributed by atoms with Crippen LogP contribution < -0.4 is 0 Å². The highest BCUT2D eigenvalue weighted by Crippen LogP contribution is 2.48. The maximum absolute atomic E-state index is 14.1. The molecule has 13 heteroatoms. The number of cyclic esters (lactones) is 3. The summed E-state index contributed by atoms with van der Waals surface area (Å²) in [6.45, 7) is 18.5. The summed E-state index contributed by atoms with van der Waals surface area (Å²) in [5.74, 6) is -4.06. The number of ketones is 1. The number of morpholine rings is 1. The minimum atomic E-state index is -1.29. The van der Waals surface area contributed by atoms with E-state index in [-0.39, 0.29) is 23.8 Å². The van der Waals surface area contributed by atoms with E-state index in [0.29, 0.717) is 45.6 Å². The van der Waals surface area contributed by atoms with Crippen molar-refractivity contribution >= 4 is 23.9 Å². The van der Waals surface area contributed by atoms with Crippen molar-refractivity contribution in [3.05, 3.63) is 0 Å². The average molecular weight is 668 g/mol. The predicted octanol–water partition coefficient (Wildman–Crippen LogP) is 3.43. The third kappa shape index (κ3) is 6.92. The molecule has 0 saturated carbocycles. The van der Waals surface area contributed by atoms with Crippen molar-refractivity contribution in [2.75, 3.05) is 26.3 Å². The van der Waals surface area contributed by atoms with E-state index < -0.39 is 83.9 Å². The standard InChI is InChI=1S/C34H53NO12/c1-10-24-34(9,47-32(39)43-24)29-21(6)26-17(2)16-33(8,46-26)28(19(4)25(37)20(5)30(38)44-29)45-31-27(42-22(7)36)23(15-18(3)41-31)35-11-13-40-14-12-35/h17-21,23-24,26-29,31H,10-16H2,1-9H3/t17?,18?,19-,20+,21-,23?,24+,26?,27?,28+,29+,31-,33+,34+/m0/s1. The zero-order valence-electron chi connectivity index (χ0n) is 29.2. The van der Waals surface area contributed by atoms with Gasteiger partial charge in [0.05, 0.1) is 43.2 Å². The molecule has 0 radical (unpaired) electrons. The zero-order valence-corrected chi connectivity index (χ0v) is 29.2. The van der Waals surface area contributed by atoms with E-state index in [2.05, 4.69) is 11.8 Å². The van der Waals surface area contributed by atoms with E-state index in [1.165, 1.54) is 13.8 Å². The summed E-state index contributed by atoms with van der Waals surface area (Å²) in [5.41, 5.74) is -2.29. The Morgan fingerprint density at radius 1 is 1.02 bits per heavy atom. The second kappa shape index (κ2) is 13.9. The van der Waals surface area contributed by atoms with Gasteiger partial charge in [0.25, 0.3) is 0 Å². The number of esters is 2. The molecule has 0 aromatic rings. The molecule has 2 bridgehead atoms. The maximum Gasteiger partial charge on any atom is 0.509 e. The van der Waals surface area contributed by atoms with Crippen molar-refractivity contribution in [2.45, 2.75) is 142 Å². The molecule has 0 spiro atoms. The van der Waals surface area contributed by atoms with E-state index in [4.69, 9.17) is 37.9 Å². The molecule has 5 heterocycles. The molecular formula is C34H53NO12. The summed E-state index contributed by atoms with van der Waals surface area (Å²) in [7, 11) is 0. The molecular weight excluding hydrogens is 614 g/mol. The van der Waals surface area contributed by atoms with Crippen LogP contribution in [0.2, 0.25) is 0 Å². The fraction of sp³-hybridized carbons (Fsp3) is 0.882. The summed E-state index contributed by atoms with van der Waals surface area (Å²) in [4.78, 5) is 54.9. The molecule has 0 aromatic heterocycles. The lowest BCUT2D eigenvalue weighted by atomic mass is 9.76. The molecule has 5 aliphatic heterocycles. The van der Waals surface area contributed by atoms with Crippen LogP contribution in [0.1, 0.15) is 81.6 Å². The van der Waals surface area contributed by atoms with Crippen molar-refractivity contribution in [2.24, 2.45) is 23.7 Å². The van der Waals surface area contributed by atoms with E-state index in [9.17, 15) is 19.2 Å². The Balaban J connectivity index is 1.51. The van der Waals surface area contributed by atoms with Gasteiger partial charge in [-0.2, -0.15) is 0 Å². The molecule has 47 heavy (non-hydrogen) atoms. The largest absolute Gasteiger partial charge is 0.509 e. The fourth-order valence-electron chi connectivity index (χ4n) is 8.73. The molecule has 0 amide bonds. The van der Waals surface area contributed by atoms with Gasteiger partial charge in [-0.15, -0.1) is 0 Å². The molecule has 14 atom stereocenters. The van der Waals surface area contributed by atoms with Gasteiger partial charge in [0, 0.05) is 31.8 Å². The number of fused-ring (bicyclic) bond motifs is 2. The molecule has 5 rings (SSSR count). The van der Waals surface area contributed by atoms with Crippen LogP contribution in [0.4, 0.5) is 4.79 Å². The van der Waals surface area contributed by atoms with Gasteiger partial charge in [0.2, 0.25) is 0 Å². The minimum Gasteiger partial charge on any atom is -0.457 e. The Bertz CT molecular complexity index is 1190. The lowest BCUT2D eigenvalue weighted by Gasteiger charge is -2.48. The maximum atomic E-state index is 14.1. The Morgan fingerprint density at radius 2 is 1.70 bits per heavy atom. The number of nitrogens with zero attached hydrogens (tertiary/aromatic N) is 1. The number of hydrogen-bond acceptors (Lipinski definition) is 13. The van der Waals surface area contributed by atoms with E-state index in [0.717, 1.165) is 0 Å². The topological polar surface area (TPSA) is 145 Å². The highest BCUT2D eigenvalue weighted by atomic mass is 16.8. The van der Waals surface area contributed by atoms with Crippen molar-refractivity contribution in [1.29, 1.82) is 0 Å². The number of rotatable bonds is 6. The Morgan fingerprint density at radius 3 is 2.34 bits per heavy atom. The Kier molecular flexibility index (Phi) is 10.6. The van der Waals surface area contributed by atoms with E-state index >= 15 is 0 Å². The first-order valence-electron chi connectivity index (χ1n) is 17.2. The van der Waals surface area contributed by atoms with Crippen molar-refractivity contribution < 1.29 is 57.1 Å². The smallest absolute Gasteiger partial charge is 0.457 e. The fourth-order valence-corrected chi connectivity index (χ4v) is 8.73. The molecule has 0 aliphatic carbocycles. The van der Waals surface area contributed by atoms with Crippen molar-refractivity contribution in [3.63, 3.8) is 0 Å². The zero-order chi connectivity index (χ0) is 34.4. The summed E-state index contributed by atoms with van der Waals surface area (Å²) in [6, 6.07) is -0.187. The molecule has 5 aliphatic rings. The van der Waals surface area contributed by atoms with Crippen LogP contribution in [0.5, 0.6) is 0 Å². The summed E-state index contributed by atoms with van der Waals surface area (Å²) in [6.07, 6.45) is -4.16. The molecule has 0 N–H and O–H groups in total. The van der Waals surface area contributed by atoms with Gasteiger partial charge in [-0.1, -0.05) is 27.7 Å². The summed E-state index contributed by atoms with van der Waals surface area (Å²) >= 11 is 0. The molecule has 5 saturated heterocycles. The SMILES string of the molecule is CC[C@H]1OC(=O)O[C@@]1(C)[C@@H]1OC(=O)[C@H](C)C(=O)[C@H](C)[C@@H](O[C@@H]2OC(C)CC(N3CCOCC3)C2OC(C)=O)[C@@]2(C)CC(C)C(O2)[C@@H]1C. The van der Waals surface area contributed by atoms with Crippen LogP contribution in [0.3, 0.4) is 0 Å². The first-order valence-corrected chi connectivity index (χ1v) is 17.2. The monoisotopic (exact) mass is 667 g/mol. The normalized spacial score (nSPS) is 46.6. The van der Waals surface area contributed by atoms with E-state index in [1.807, 2.05) is 27.7 Å². The lowest BCUT2D eigenvalue weighted by Crippen LogP contribution is -2.61. The number of ether oxygens (including phenoxy) is 8. The third-order valence-corrected chi connectivity index (χ3v) is 11.0. The van der Waals surface area contributed by atoms with Crippen LogP contribution in [0.25, 0.3) is 0 Å². The summed E-state index contributed by atoms with van der Waals surface area (Å²) in [5, 5.41) is 0. The highest BCUT2D eigenvalue weighted by Gasteiger charge is 2.61. The van der Waals surface area contributed by atoms with Gasteiger partial charge in [-0.25, -0.2) is 4.79 Å². The Hall–Kier alpha value is -2.32. The second-order valence-electron chi connectivity index (χ2n) is 14.7. The first-order chi connectivity index (χ1) is 22.1. The van der Waals surface area contributed by atoms with E-state index in [1.54, 1.807) is 13.8 Å². The van der Waals surface area contributed by atoms with Gasteiger partial charge in [0.1, 0.15) is 18.1 Å². The van der Waals surface area contributed by atoms with Crippen LogP contribution in [0.15, 0.2) is 0 Å². The predicted molar refractivity (Wildman–Crippen MR) is 165 cm³/mol. The summed E-state index contributed by atoms with van der Waals surface area (Å²) < 4.78 is 48.9. The average Bonchev–Trinajstić information content (AvgIpc) is 3.51. The van der Waals surface area contributed by atoms with Gasteiger partial charge < -0.3 is 37.9 Å². The van der Waals surface area contributed by atoms with Crippen LogP contribution >= 0.6 is 0 Å². The highest BCUT2D eigenvalue weighted by molar-refractivity contribution is 6.00. The van der Waals surface area contributed by atoms with Gasteiger partial charge in [0.15, 0.2) is 23.8 Å². The Labute approximate surface area is 277 Å². The number of carbonyl (C=O) groups is 4. The molecule has 5 fully saturated rings.